The monoisotopic (exact) mass is 392 g/mol. The lowest BCUT2D eigenvalue weighted by Gasteiger charge is -2.09. The maximum absolute atomic E-state index is 12.4. The number of hydrogen-bond acceptors (Lipinski definition) is 5. The van der Waals surface area contributed by atoms with Crippen LogP contribution in [-0.2, 0) is 6.61 Å². The van der Waals surface area contributed by atoms with Gasteiger partial charge in [-0.2, -0.15) is 0 Å². The second-order valence-electron chi connectivity index (χ2n) is 6.06. The molecule has 0 unspecified atom stereocenters. The molecule has 0 saturated heterocycles. The molecule has 0 bridgehead atoms. The van der Waals surface area contributed by atoms with Crippen LogP contribution in [0.5, 0.6) is 0 Å². The van der Waals surface area contributed by atoms with Crippen molar-refractivity contribution < 1.29 is 18.7 Å². The van der Waals surface area contributed by atoms with Crippen molar-refractivity contribution in [3.8, 4) is 11.3 Å². The van der Waals surface area contributed by atoms with E-state index in [1.54, 1.807) is 24.3 Å². The zero-order valence-corrected chi connectivity index (χ0v) is 15.5. The van der Waals surface area contributed by atoms with Crippen LogP contribution in [0.1, 0.15) is 16.3 Å². The molecular formula is C21H16N2O4S. The second-order valence-corrected chi connectivity index (χ2v) is 6.47. The smallest absolute Gasteiger partial charge is 0.293 e. The quantitative estimate of drug-likeness (QED) is 0.449. The van der Waals surface area contributed by atoms with Gasteiger partial charge >= 0.3 is 0 Å². The summed E-state index contributed by atoms with van der Waals surface area (Å²) in [5.41, 5.74) is 2.14. The van der Waals surface area contributed by atoms with Crippen LogP contribution >= 0.6 is 12.2 Å². The number of carbonyl (C=O) groups is 1. The zero-order valence-electron chi connectivity index (χ0n) is 14.6. The third-order valence-electron chi connectivity index (χ3n) is 4.10. The number of para-hydroxylation sites is 1. The molecule has 0 aliphatic carbocycles. The van der Waals surface area contributed by atoms with Crippen molar-refractivity contribution in [2.45, 2.75) is 6.61 Å². The van der Waals surface area contributed by atoms with Gasteiger partial charge < -0.3 is 19.3 Å². The molecule has 7 heteroatoms. The van der Waals surface area contributed by atoms with Gasteiger partial charge in [-0.15, -0.1) is 0 Å². The van der Waals surface area contributed by atoms with E-state index in [4.69, 9.17) is 26.2 Å². The number of aliphatic hydroxyl groups excluding tert-OH is 1. The van der Waals surface area contributed by atoms with Crippen LogP contribution in [0.4, 0.5) is 5.69 Å². The number of furan rings is 2. The van der Waals surface area contributed by atoms with Gasteiger partial charge in [0, 0.05) is 16.6 Å². The van der Waals surface area contributed by atoms with Gasteiger partial charge in [-0.1, -0.05) is 30.3 Å². The third-order valence-corrected chi connectivity index (χ3v) is 4.30. The standard InChI is InChI=1S/C21H16N2O4S/c24-12-16-8-9-18(26-16)13-5-3-6-15(10-13)22-21(28)23-20(25)19-11-14-4-1-2-7-17(14)27-19/h1-11,24H,12H2,(H2,22,23,25,28). The summed E-state index contributed by atoms with van der Waals surface area (Å²) in [6.07, 6.45) is 0. The van der Waals surface area contributed by atoms with Crippen molar-refractivity contribution in [2.75, 3.05) is 5.32 Å². The first-order chi connectivity index (χ1) is 13.6. The minimum Gasteiger partial charge on any atom is -0.459 e. The van der Waals surface area contributed by atoms with Gasteiger partial charge in [-0.25, -0.2) is 0 Å². The molecule has 4 rings (SSSR count). The molecule has 3 N–H and O–H groups in total. The van der Waals surface area contributed by atoms with Crippen LogP contribution in [-0.4, -0.2) is 16.1 Å². The van der Waals surface area contributed by atoms with E-state index in [0.29, 0.717) is 22.8 Å². The Morgan fingerprint density at radius 1 is 1.00 bits per heavy atom. The van der Waals surface area contributed by atoms with E-state index < -0.39 is 5.91 Å². The van der Waals surface area contributed by atoms with Gasteiger partial charge in [-0.3, -0.25) is 10.1 Å². The highest BCUT2D eigenvalue weighted by Gasteiger charge is 2.14. The summed E-state index contributed by atoms with van der Waals surface area (Å²) in [7, 11) is 0. The average Bonchev–Trinajstić information content (AvgIpc) is 3.35. The molecule has 0 fully saturated rings. The lowest BCUT2D eigenvalue weighted by Crippen LogP contribution is -2.33. The van der Waals surface area contributed by atoms with E-state index in [1.807, 2.05) is 42.5 Å². The normalized spacial score (nSPS) is 10.8. The number of thiocarbonyl (C=S) groups is 1. The third kappa shape index (κ3) is 3.80. The number of carbonyl (C=O) groups excluding carboxylic acids is 1. The van der Waals surface area contributed by atoms with Crippen LogP contribution in [0.3, 0.4) is 0 Å². The minimum atomic E-state index is -0.427. The SMILES string of the molecule is O=C(NC(=S)Nc1cccc(-c2ccc(CO)o2)c1)c1cc2ccccc2o1. The Morgan fingerprint density at radius 3 is 2.64 bits per heavy atom. The molecule has 0 spiro atoms. The van der Waals surface area contributed by atoms with Gasteiger partial charge in [0.15, 0.2) is 10.9 Å². The molecule has 2 aromatic carbocycles. The Morgan fingerprint density at radius 2 is 1.86 bits per heavy atom. The number of fused-ring (bicyclic) bond motifs is 1. The molecule has 0 atom stereocenters. The highest BCUT2D eigenvalue weighted by Crippen LogP contribution is 2.25. The largest absolute Gasteiger partial charge is 0.459 e. The molecule has 0 radical (unpaired) electrons. The second kappa shape index (κ2) is 7.67. The Balaban J connectivity index is 1.44. The molecule has 0 saturated carbocycles. The minimum absolute atomic E-state index is 0.151. The molecule has 0 aliphatic rings. The predicted molar refractivity (Wildman–Crippen MR) is 110 cm³/mol. The van der Waals surface area contributed by atoms with E-state index in [9.17, 15) is 4.79 Å². The fourth-order valence-electron chi connectivity index (χ4n) is 2.79. The fraction of sp³-hybridized carbons (Fsp3) is 0.0476. The molecule has 2 heterocycles. The molecule has 2 aromatic heterocycles. The Labute approximate surface area is 165 Å². The molecule has 1 amide bonds. The lowest BCUT2D eigenvalue weighted by molar-refractivity contribution is 0.0953. The molecule has 140 valence electrons. The van der Waals surface area contributed by atoms with E-state index in [1.165, 1.54) is 0 Å². The van der Waals surface area contributed by atoms with Crippen LogP contribution in [0.15, 0.2) is 75.6 Å². The van der Waals surface area contributed by atoms with Crippen molar-refractivity contribution in [1.29, 1.82) is 0 Å². The molecule has 6 nitrogen and oxygen atoms in total. The summed E-state index contributed by atoms with van der Waals surface area (Å²) in [5, 5.41) is 15.7. The number of nitrogens with one attached hydrogen (secondary N) is 2. The summed E-state index contributed by atoms with van der Waals surface area (Å²) in [4.78, 5) is 12.4. The van der Waals surface area contributed by atoms with E-state index in [-0.39, 0.29) is 17.5 Å². The molecule has 4 aromatic rings. The molecule has 28 heavy (non-hydrogen) atoms. The maximum atomic E-state index is 12.4. The Bertz CT molecular complexity index is 1130. The van der Waals surface area contributed by atoms with Gasteiger partial charge in [0.2, 0.25) is 0 Å². The maximum Gasteiger partial charge on any atom is 0.293 e. The van der Waals surface area contributed by atoms with Gasteiger partial charge in [0.25, 0.3) is 5.91 Å². The first kappa shape index (κ1) is 18.0. The van der Waals surface area contributed by atoms with Crippen molar-refractivity contribution >= 4 is 39.9 Å². The summed E-state index contributed by atoms with van der Waals surface area (Å²) in [6, 6.07) is 19.9. The average molecular weight is 392 g/mol. The fourth-order valence-corrected chi connectivity index (χ4v) is 3.00. The van der Waals surface area contributed by atoms with Crippen LogP contribution in [0.25, 0.3) is 22.3 Å². The van der Waals surface area contributed by atoms with E-state index in [2.05, 4.69) is 10.6 Å². The van der Waals surface area contributed by atoms with E-state index in [0.717, 1.165) is 10.9 Å². The van der Waals surface area contributed by atoms with Crippen molar-refractivity contribution in [3.63, 3.8) is 0 Å². The number of benzene rings is 2. The number of hydrogen-bond donors (Lipinski definition) is 3. The zero-order chi connectivity index (χ0) is 19.5. The van der Waals surface area contributed by atoms with E-state index >= 15 is 0 Å². The van der Waals surface area contributed by atoms with Crippen LogP contribution in [0.2, 0.25) is 0 Å². The number of rotatable bonds is 4. The predicted octanol–water partition coefficient (Wildman–Crippen LogP) is 4.31. The lowest BCUT2D eigenvalue weighted by atomic mass is 10.1. The summed E-state index contributed by atoms with van der Waals surface area (Å²) >= 11 is 5.23. The summed E-state index contributed by atoms with van der Waals surface area (Å²) < 4.78 is 11.1. The number of aliphatic hydroxyl groups is 1. The van der Waals surface area contributed by atoms with Gasteiger partial charge in [-0.05, 0) is 48.6 Å². The Kier molecular flexibility index (Phi) is 4.92. The first-order valence-electron chi connectivity index (χ1n) is 8.53. The summed E-state index contributed by atoms with van der Waals surface area (Å²) in [5.74, 6) is 0.876. The van der Waals surface area contributed by atoms with Crippen LogP contribution < -0.4 is 10.6 Å². The first-order valence-corrected chi connectivity index (χ1v) is 8.94. The number of anilines is 1. The summed E-state index contributed by atoms with van der Waals surface area (Å²) in [6.45, 7) is -0.157. The van der Waals surface area contributed by atoms with Crippen LogP contribution in [0, 0.1) is 0 Å². The number of amides is 1. The molecule has 0 aliphatic heterocycles. The van der Waals surface area contributed by atoms with Crippen molar-refractivity contribution in [3.05, 3.63) is 78.3 Å². The van der Waals surface area contributed by atoms with Gasteiger partial charge in [0.05, 0.1) is 0 Å². The topological polar surface area (TPSA) is 87.6 Å². The highest BCUT2D eigenvalue weighted by atomic mass is 32.1. The van der Waals surface area contributed by atoms with Crippen molar-refractivity contribution in [2.24, 2.45) is 0 Å². The highest BCUT2D eigenvalue weighted by molar-refractivity contribution is 7.80. The van der Waals surface area contributed by atoms with Gasteiger partial charge in [0.1, 0.15) is 23.7 Å². The van der Waals surface area contributed by atoms with Crippen molar-refractivity contribution in [1.82, 2.24) is 5.32 Å². The Hall–Kier alpha value is -3.42. The molecular weight excluding hydrogens is 376 g/mol.